The highest BCUT2D eigenvalue weighted by Crippen LogP contribution is 2.32. The molecule has 0 spiro atoms. The molecule has 4 N–H and O–H groups in total. The predicted molar refractivity (Wildman–Crippen MR) is 151 cm³/mol. The van der Waals surface area contributed by atoms with Gasteiger partial charge in [-0.1, -0.05) is 56.1 Å². The van der Waals surface area contributed by atoms with Gasteiger partial charge in [-0.15, -0.1) is 0 Å². The fourth-order valence-electron chi connectivity index (χ4n) is 2.85. The third-order valence-electron chi connectivity index (χ3n) is 4.30. The molecular formula is C26H45ClN6S. The number of allylic oxidation sites excluding steroid dienone is 1. The molecule has 1 aliphatic rings. The summed E-state index contributed by atoms with van der Waals surface area (Å²) in [6.07, 6.45) is 8.00. The van der Waals surface area contributed by atoms with Crippen LogP contribution in [0.5, 0.6) is 0 Å². The molecule has 192 valence electrons. The number of nitrogens with one attached hydrogen (secondary N) is 2. The second-order valence-electron chi connectivity index (χ2n) is 7.69. The van der Waals surface area contributed by atoms with E-state index in [2.05, 4.69) is 65.9 Å². The molecule has 6 nitrogen and oxygen atoms in total. The van der Waals surface area contributed by atoms with Crippen LogP contribution in [0.1, 0.15) is 75.7 Å². The van der Waals surface area contributed by atoms with Crippen molar-refractivity contribution in [3.8, 4) is 6.07 Å². The third-order valence-corrected chi connectivity index (χ3v) is 5.36. The van der Waals surface area contributed by atoms with Crippen LogP contribution in [0, 0.1) is 18.3 Å². The molecule has 1 aromatic heterocycles. The molecule has 3 rings (SSSR count). The summed E-state index contributed by atoms with van der Waals surface area (Å²) in [6, 6.07) is 14.0. The molecule has 0 aliphatic heterocycles. The van der Waals surface area contributed by atoms with Crippen molar-refractivity contribution in [1.82, 2.24) is 19.2 Å². The van der Waals surface area contributed by atoms with E-state index in [1.807, 2.05) is 31.2 Å². The minimum Gasteiger partial charge on any atom is -0.333 e. The number of nitriles is 1. The summed E-state index contributed by atoms with van der Waals surface area (Å²) in [5, 5.41) is 15.7. The van der Waals surface area contributed by atoms with E-state index in [0.29, 0.717) is 17.5 Å². The SMILES string of the molecule is C/C=C/Cl.CCC.CN.Cc1cc(C2CCC(NSN(C)C)CC2)n[nH]1.N#Cc1ccccc1. The first kappa shape index (κ1) is 34.3. The second-order valence-corrected chi connectivity index (χ2v) is 9.09. The van der Waals surface area contributed by atoms with Crippen LogP contribution in [0.2, 0.25) is 0 Å². The number of hydrogen-bond donors (Lipinski definition) is 3. The van der Waals surface area contributed by atoms with Gasteiger partial charge in [-0.05, 0) is 84.4 Å². The molecule has 0 unspecified atom stereocenters. The molecule has 0 amide bonds. The van der Waals surface area contributed by atoms with Gasteiger partial charge in [0.05, 0.1) is 17.3 Å². The monoisotopic (exact) mass is 508 g/mol. The van der Waals surface area contributed by atoms with Gasteiger partial charge in [0.25, 0.3) is 0 Å². The smallest absolute Gasteiger partial charge is 0.0991 e. The third kappa shape index (κ3) is 18.6. The maximum Gasteiger partial charge on any atom is 0.0991 e. The van der Waals surface area contributed by atoms with Crippen molar-refractivity contribution >= 4 is 23.7 Å². The van der Waals surface area contributed by atoms with Gasteiger partial charge in [-0.25, -0.2) is 9.03 Å². The average molecular weight is 509 g/mol. The highest BCUT2D eigenvalue weighted by atomic mass is 35.5. The number of benzene rings is 1. The average Bonchev–Trinajstić information content (AvgIpc) is 3.32. The summed E-state index contributed by atoms with van der Waals surface area (Å²) in [5.74, 6) is 0.655. The lowest BCUT2D eigenvalue weighted by atomic mass is 9.84. The van der Waals surface area contributed by atoms with Crippen LogP contribution in [0.3, 0.4) is 0 Å². The lowest BCUT2D eigenvalue weighted by Crippen LogP contribution is -2.30. The first-order valence-electron chi connectivity index (χ1n) is 11.8. The maximum atomic E-state index is 8.29. The Labute approximate surface area is 217 Å². The van der Waals surface area contributed by atoms with E-state index in [0.717, 1.165) is 0 Å². The largest absolute Gasteiger partial charge is 0.333 e. The number of hydrogen-bond acceptors (Lipinski definition) is 6. The maximum absolute atomic E-state index is 8.29. The Morgan fingerprint density at radius 2 is 1.74 bits per heavy atom. The zero-order valence-corrected chi connectivity index (χ0v) is 23.6. The van der Waals surface area contributed by atoms with E-state index in [1.54, 1.807) is 30.3 Å². The van der Waals surface area contributed by atoms with E-state index in [9.17, 15) is 0 Å². The van der Waals surface area contributed by atoms with E-state index in [1.165, 1.54) is 56.1 Å². The van der Waals surface area contributed by atoms with Crippen molar-refractivity contribution in [3.05, 3.63) is 65.0 Å². The Kier molecular flexibility index (Phi) is 24.6. The Morgan fingerprint density at radius 3 is 2.09 bits per heavy atom. The standard InChI is InChI=1S/C12H22N4S.C7H5N.C3H5Cl.C3H8.CH5N/c1-9-8-12(14-13-9)10-4-6-11(7-5-10)15-17-16(2)3;8-6-7-4-2-1-3-5-7;1-2-3-4;1-3-2;1-2/h8,10-11,15H,4-7H2,1-3H3,(H,13,14);1-5H;2-3H,1H3;3H2,1-2H3;2H2,1H3/b;;3-2+;;. The van der Waals surface area contributed by atoms with Crippen molar-refractivity contribution in [2.45, 2.75) is 71.8 Å². The van der Waals surface area contributed by atoms with Crippen LogP contribution in [0.25, 0.3) is 0 Å². The first-order valence-corrected chi connectivity index (χ1v) is 13.0. The number of H-pyrrole nitrogens is 1. The van der Waals surface area contributed by atoms with Gasteiger partial charge in [0, 0.05) is 29.8 Å². The van der Waals surface area contributed by atoms with Gasteiger partial charge < -0.3 is 5.73 Å². The summed E-state index contributed by atoms with van der Waals surface area (Å²) in [7, 11) is 5.63. The Morgan fingerprint density at radius 1 is 1.21 bits per heavy atom. The molecule has 1 heterocycles. The predicted octanol–water partition coefficient (Wildman–Crippen LogP) is 6.77. The molecule has 8 heteroatoms. The molecule has 0 radical (unpaired) electrons. The van der Waals surface area contributed by atoms with E-state index in [-0.39, 0.29) is 0 Å². The Hall–Kier alpha value is -1.82. The zero-order valence-electron chi connectivity index (χ0n) is 22.0. The lowest BCUT2D eigenvalue weighted by Gasteiger charge is -2.28. The Balaban J connectivity index is 0. The molecule has 34 heavy (non-hydrogen) atoms. The zero-order chi connectivity index (χ0) is 26.2. The van der Waals surface area contributed by atoms with Gasteiger partial charge in [-0.3, -0.25) is 5.10 Å². The summed E-state index contributed by atoms with van der Waals surface area (Å²) in [5.41, 5.74) is 9.11. The summed E-state index contributed by atoms with van der Waals surface area (Å²) >= 11 is 6.71. The molecule has 2 aromatic rings. The Bertz CT molecular complexity index is 746. The lowest BCUT2D eigenvalue weighted by molar-refractivity contribution is 0.375. The molecular weight excluding hydrogens is 464 g/mol. The molecule has 1 aromatic carbocycles. The van der Waals surface area contributed by atoms with Crippen LogP contribution < -0.4 is 10.5 Å². The van der Waals surface area contributed by atoms with Gasteiger partial charge in [-0.2, -0.15) is 10.4 Å². The summed E-state index contributed by atoms with van der Waals surface area (Å²) in [6.45, 7) is 8.18. The summed E-state index contributed by atoms with van der Waals surface area (Å²) < 4.78 is 5.61. The minimum atomic E-state index is 0.652. The van der Waals surface area contributed by atoms with Crippen molar-refractivity contribution in [3.63, 3.8) is 0 Å². The van der Waals surface area contributed by atoms with Crippen LogP contribution in [0.15, 0.2) is 48.0 Å². The molecule has 0 bridgehead atoms. The fraction of sp³-hybridized carbons (Fsp3) is 0.538. The van der Waals surface area contributed by atoms with Crippen LogP contribution in [-0.2, 0) is 0 Å². The van der Waals surface area contributed by atoms with Gasteiger partial charge in [0.2, 0.25) is 0 Å². The summed E-state index contributed by atoms with van der Waals surface area (Å²) in [4.78, 5) is 0. The van der Waals surface area contributed by atoms with Crippen molar-refractivity contribution in [1.29, 1.82) is 5.26 Å². The number of halogens is 1. The van der Waals surface area contributed by atoms with Crippen molar-refractivity contribution in [2.24, 2.45) is 5.73 Å². The van der Waals surface area contributed by atoms with Crippen molar-refractivity contribution in [2.75, 3.05) is 21.1 Å². The number of aromatic amines is 1. The quantitative estimate of drug-likeness (QED) is 0.394. The number of rotatable bonds is 4. The topological polar surface area (TPSA) is 93.8 Å². The highest BCUT2D eigenvalue weighted by molar-refractivity contribution is 7.95. The van der Waals surface area contributed by atoms with E-state index >= 15 is 0 Å². The second kappa shape index (κ2) is 24.3. The van der Waals surface area contributed by atoms with Crippen LogP contribution in [-0.4, -0.2) is 41.7 Å². The number of nitrogens with zero attached hydrogens (tertiary/aromatic N) is 3. The van der Waals surface area contributed by atoms with Crippen LogP contribution >= 0.6 is 23.7 Å². The highest BCUT2D eigenvalue weighted by Gasteiger charge is 2.23. The molecule has 0 atom stereocenters. The first-order chi connectivity index (χ1) is 16.4. The van der Waals surface area contributed by atoms with Gasteiger partial charge >= 0.3 is 0 Å². The number of aromatic nitrogens is 2. The van der Waals surface area contributed by atoms with Crippen LogP contribution in [0.4, 0.5) is 0 Å². The molecule has 1 aliphatic carbocycles. The van der Waals surface area contributed by atoms with Gasteiger partial charge in [0.15, 0.2) is 0 Å². The fourth-order valence-corrected chi connectivity index (χ4v) is 3.44. The van der Waals surface area contributed by atoms with E-state index < -0.39 is 0 Å². The molecule has 1 fully saturated rings. The van der Waals surface area contributed by atoms with Crippen molar-refractivity contribution < 1.29 is 0 Å². The van der Waals surface area contributed by atoms with E-state index in [4.69, 9.17) is 16.9 Å². The van der Waals surface area contributed by atoms with Gasteiger partial charge in [0.1, 0.15) is 0 Å². The number of nitrogens with two attached hydrogens (primary N) is 1. The normalized spacial score (nSPS) is 16.4. The minimum absolute atomic E-state index is 0.652. The molecule has 1 saturated carbocycles. The number of aryl methyl sites for hydroxylation is 1. The molecule has 0 saturated heterocycles.